The van der Waals surface area contributed by atoms with Crippen LogP contribution in [-0.2, 0) is 11.2 Å². The van der Waals surface area contributed by atoms with E-state index in [4.69, 9.17) is 9.47 Å². The third-order valence-electron chi connectivity index (χ3n) is 6.23. The molecule has 0 bridgehead atoms. The zero-order valence-corrected chi connectivity index (χ0v) is 20.9. The number of aromatic nitrogens is 3. The average Bonchev–Trinajstić information content (AvgIpc) is 3.32. The van der Waals surface area contributed by atoms with Crippen molar-refractivity contribution in [1.29, 1.82) is 0 Å². The molecule has 1 fully saturated rings. The van der Waals surface area contributed by atoms with Crippen molar-refractivity contribution in [2.24, 2.45) is 0 Å². The molecule has 1 N–H and O–H groups in total. The number of ether oxygens (including phenoxy) is 2. The highest BCUT2D eigenvalue weighted by Gasteiger charge is 2.25. The Hall–Kier alpha value is -3.07. The maximum absolute atomic E-state index is 13.1. The van der Waals surface area contributed by atoms with E-state index in [1.165, 1.54) is 43.2 Å². The summed E-state index contributed by atoms with van der Waals surface area (Å²) in [6.07, 6.45) is 6.36. The van der Waals surface area contributed by atoms with Gasteiger partial charge in [0.05, 0.1) is 20.0 Å². The molecule has 1 heterocycles. The first-order valence-corrected chi connectivity index (χ1v) is 12.9. The van der Waals surface area contributed by atoms with Crippen LogP contribution in [0.15, 0.2) is 47.6 Å². The summed E-state index contributed by atoms with van der Waals surface area (Å²) in [6, 6.07) is 12.4. The Labute approximate surface area is 209 Å². The van der Waals surface area contributed by atoms with E-state index in [0.717, 1.165) is 34.9 Å². The fourth-order valence-electron chi connectivity index (χ4n) is 4.39. The molecule has 0 radical (unpaired) electrons. The van der Waals surface area contributed by atoms with Gasteiger partial charge in [0.2, 0.25) is 5.91 Å². The second-order valence-electron chi connectivity index (χ2n) is 8.55. The summed E-state index contributed by atoms with van der Waals surface area (Å²) in [5.41, 5.74) is 1.88. The molecule has 0 aliphatic heterocycles. The SMILES string of the molecule is COc1ccc(-c2nnc(SCC(=O)NCCc3ccc(F)cc3)n2C2CCCCC2)cc1OC. The van der Waals surface area contributed by atoms with Crippen molar-refractivity contribution in [2.75, 3.05) is 26.5 Å². The molecule has 1 aliphatic carbocycles. The number of hydrogen-bond acceptors (Lipinski definition) is 6. The van der Waals surface area contributed by atoms with E-state index in [0.29, 0.717) is 30.5 Å². The van der Waals surface area contributed by atoms with Crippen LogP contribution in [0.3, 0.4) is 0 Å². The van der Waals surface area contributed by atoms with E-state index in [1.807, 2.05) is 18.2 Å². The lowest BCUT2D eigenvalue weighted by atomic mass is 9.95. The highest BCUT2D eigenvalue weighted by atomic mass is 32.2. The van der Waals surface area contributed by atoms with Gasteiger partial charge in [-0.05, 0) is 55.2 Å². The molecule has 0 spiro atoms. The van der Waals surface area contributed by atoms with Crippen LogP contribution in [0.25, 0.3) is 11.4 Å². The Morgan fingerprint density at radius 2 is 1.80 bits per heavy atom. The summed E-state index contributed by atoms with van der Waals surface area (Å²) in [6.45, 7) is 0.497. The molecule has 3 aromatic rings. The minimum Gasteiger partial charge on any atom is -0.493 e. The number of carbonyl (C=O) groups is 1. The van der Waals surface area contributed by atoms with Crippen molar-refractivity contribution in [3.63, 3.8) is 0 Å². The number of thioether (sulfide) groups is 1. The standard InChI is InChI=1S/C26H31FN4O3S/c1-33-22-13-10-19(16-23(22)34-2)25-29-30-26(31(25)21-6-4-3-5-7-21)35-17-24(32)28-15-14-18-8-11-20(27)12-9-18/h8-13,16,21H,3-7,14-15,17H2,1-2H3,(H,28,32). The highest BCUT2D eigenvalue weighted by Crippen LogP contribution is 2.38. The van der Waals surface area contributed by atoms with E-state index in [9.17, 15) is 9.18 Å². The maximum Gasteiger partial charge on any atom is 0.230 e. The van der Waals surface area contributed by atoms with Gasteiger partial charge in [-0.3, -0.25) is 9.36 Å². The summed E-state index contributed by atoms with van der Waals surface area (Å²) in [7, 11) is 3.23. The smallest absolute Gasteiger partial charge is 0.230 e. The third kappa shape index (κ3) is 6.33. The van der Waals surface area contributed by atoms with Crippen LogP contribution in [0.5, 0.6) is 11.5 Å². The minimum atomic E-state index is -0.260. The van der Waals surface area contributed by atoms with Crippen molar-refractivity contribution < 1.29 is 18.7 Å². The summed E-state index contributed by atoms with van der Waals surface area (Å²) < 4.78 is 26.1. The molecule has 7 nitrogen and oxygen atoms in total. The lowest BCUT2D eigenvalue weighted by molar-refractivity contribution is -0.118. The zero-order valence-electron chi connectivity index (χ0n) is 20.1. The Bertz CT molecular complexity index is 1130. The second-order valence-corrected chi connectivity index (χ2v) is 9.50. The number of amides is 1. The van der Waals surface area contributed by atoms with Gasteiger partial charge in [-0.1, -0.05) is 43.2 Å². The largest absolute Gasteiger partial charge is 0.493 e. The number of nitrogens with zero attached hydrogens (tertiary/aromatic N) is 3. The molecule has 1 saturated carbocycles. The average molecular weight is 499 g/mol. The van der Waals surface area contributed by atoms with Crippen LogP contribution in [-0.4, -0.2) is 47.2 Å². The van der Waals surface area contributed by atoms with Gasteiger partial charge in [-0.15, -0.1) is 10.2 Å². The minimum absolute atomic E-state index is 0.0667. The predicted octanol–water partition coefficient (Wildman–Crippen LogP) is 5.06. The number of rotatable bonds is 10. The van der Waals surface area contributed by atoms with Crippen LogP contribution < -0.4 is 14.8 Å². The molecule has 1 aliphatic rings. The molecule has 0 atom stereocenters. The van der Waals surface area contributed by atoms with Crippen molar-refractivity contribution >= 4 is 17.7 Å². The normalized spacial score (nSPS) is 14.0. The zero-order chi connectivity index (χ0) is 24.6. The lowest BCUT2D eigenvalue weighted by Gasteiger charge is -2.25. The first-order valence-electron chi connectivity index (χ1n) is 11.9. The van der Waals surface area contributed by atoms with Gasteiger partial charge < -0.3 is 14.8 Å². The highest BCUT2D eigenvalue weighted by molar-refractivity contribution is 7.99. The van der Waals surface area contributed by atoms with Gasteiger partial charge >= 0.3 is 0 Å². The second kappa shape index (κ2) is 12.1. The van der Waals surface area contributed by atoms with Crippen molar-refractivity contribution in [1.82, 2.24) is 20.1 Å². The molecule has 186 valence electrons. The van der Waals surface area contributed by atoms with Crippen molar-refractivity contribution in [3.8, 4) is 22.9 Å². The maximum atomic E-state index is 13.1. The Morgan fingerprint density at radius 1 is 1.06 bits per heavy atom. The fraction of sp³-hybridized carbons (Fsp3) is 0.423. The van der Waals surface area contributed by atoms with Gasteiger partial charge in [0.25, 0.3) is 0 Å². The number of carbonyl (C=O) groups excluding carboxylic acids is 1. The monoisotopic (exact) mass is 498 g/mol. The number of halogens is 1. The van der Waals surface area contributed by atoms with E-state index in [1.54, 1.807) is 26.4 Å². The fourth-order valence-corrected chi connectivity index (χ4v) is 5.23. The van der Waals surface area contributed by atoms with Crippen LogP contribution >= 0.6 is 11.8 Å². The molecule has 1 amide bonds. The molecule has 9 heteroatoms. The van der Waals surface area contributed by atoms with Gasteiger partial charge in [-0.25, -0.2) is 4.39 Å². The Balaban J connectivity index is 1.46. The molecular weight excluding hydrogens is 467 g/mol. The molecular formula is C26H31FN4O3S. The number of hydrogen-bond donors (Lipinski definition) is 1. The molecule has 0 saturated heterocycles. The van der Waals surface area contributed by atoms with Crippen molar-refractivity contribution in [2.45, 2.75) is 49.7 Å². The first-order chi connectivity index (χ1) is 17.1. The van der Waals surface area contributed by atoms with Crippen LogP contribution in [0, 0.1) is 5.82 Å². The first kappa shape index (κ1) is 25.0. The van der Waals surface area contributed by atoms with Crippen LogP contribution in [0.2, 0.25) is 0 Å². The van der Waals surface area contributed by atoms with Crippen molar-refractivity contribution in [3.05, 3.63) is 53.8 Å². The quantitative estimate of drug-likeness (QED) is 0.394. The molecule has 4 rings (SSSR count). The summed E-state index contributed by atoms with van der Waals surface area (Å²) >= 11 is 1.40. The Kier molecular flexibility index (Phi) is 8.63. The number of benzene rings is 2. The van der Waals surface area contributed by atoms with Gasteiger partial charge in [-0.2, -0.15) is 0 Å². The van der Waals surface area contributed by atoms with Gasteiger partial charge in [0, 0.05) is 18.2 Å². The van der Waals surface area contributed by atoms with E-state index in [-0.39, 0.29) is 17.5 Å². The summed E-state index contributed by atoms with van der Waals surface area (Å²) in [5.74, 6) is 1.99. The van der Waals surface area contributed by atoms with Gasteiger partial charge in [0.1, 0.15) is 5.82 Å². The number of methoxy groups -OCH3 is 2. The number of nitrogens with one attached hydrogen (secondary N) is 1. The predicted molar refractivity (Wildman–Crippen MR) is 135 cm³/mol. The molecule has 1 aromatic heterocycles. The summed E-state index contributed by atoms with van der Waals surface area (Å²) in [4.78, 5) is 12.5. The lowest BCUT2D eigenvalue weighted by Crippen LogP contribution is -2.27. The molecule has 0 unspecified atom stereocenters. The van der Waals surface area contributed by atoms with Gasteiger partial charge in [0.15, 0.2) is 22.5 Å². The van der Waals surface area contributed by atoms with Crippen LogP contribution in [0.1, 0.15) is 43.7 Å². The summed E-state index contributed by atoms with van der Waals surface area (Å²) in [5, 5.41) is 12.7. The Morgan fingerprint density at radius 3 is 2.51 bits per heavy atom. The van der Waals surface area contributed by atoms with E-state index < -0.39 is 0 Å². The van der Waals surface area contributed by atoms with E-state index in [2.05, 4.69) is 20.1 Å². The molecule has 2 aromatic carbocycles. The topological polar surface area (TPSA) is 78.3 Å². The van der Waals surface area contributed by atoms with E-state index >= 15 is 0 Å². The molecule has 35 heavy (non-hydrogen) atoms. The van der Waals surface area contributed by atoms with Crippen LogP contribution in [0.4, 0.5) is 4.39 Å². The third-order valence-corrected chi connectivity index (χ3v) is 7.17.